The zero-order chi connectivity index (χ0) is 7.56. The van der Waals surface area contributed by atoms with Crippen LogP contribution in [0, 0.1) is 5.92 Å². The molecule has 1 aliphatic rings. The minimum Gasteiger partial charge on any atom is -0.324 e. The van der Waals surface area contributed by atoms with Crippen molar-refractivity contribution in [2.24, 2.45) is 11.7 Å². The molecule has 0 bridgehead atoms. The highest BCUT2D eigenvalue weighted by atomic mass is 31.1. The molecule has 0 aromatic heterocycles. The first-order valence-corrected chi connectivity index (χ1v) is 4.44. The summed E-state index contributed by atoms with van der Waals surface area (Å²) in [5.74, 6) is 0.477. The van der Waals surface area contributed by atoms with E-state index in [-0.39, 0.29) is 6.04 Å². The molecular weight excluding hydrogens is 141 g/mol. The molecule has 0 amide bonds. The fraction of sp³-hybridized carbons (Fsp3) is 0.375. The number of rotatable bonds is 1. The third-order valence-electron chi connectivity index (χ3n) is 1.72. The van der Waals surface area contributed by atoms with E-state index in [2.05, 4.69) is 31.5 Å². The molecule has 0 heterocycles. The van der Waals surface area contributed by atoms with Crippen molar-refractivity contribution in [2.45, 2.75) is 13.0 Å². The Morgan fingerprint density at radius 1 is 1.70 bits per heavy atom. The van der Waals surface area contributed by atoms with Crippen molar-refractivity contribution in [1.29, 1.82) is 0 Å². The molecule has 0 aliphatic heterocycles. The van der Waals surface area contributed by atoms with Crippen molar-refractivity contribution in [3.8, 4) is 0 Å². The van der Waals surface area contributed by atoms with E-state index in [1.165, 1.54) is 5.31 Å². The van der Waals surface area contributed by atoms with E-state index >= 15 is 0 Å². The van der Waals surface area contributed by atoms with Crippen LogP contribution in [0.15, 0.2) is 23.5 Å². The lowest BCUT2D eigenvalue weighted by molar-refractivity contribution is 0.624. The van der Waals surface area contributed by atoms with Crippen molar-refractivity contribution in [1.82, 2.24) is 0 Å². The largest absolute Gasteiger partial charge is 0.324 e. The molecule has 1 nitrogen and oxygen atoms in total. The summed E-state index contributed by atoms with van der Waals surface area (Å²) in [5.41, 5.74) is 5.78. The van der Waals surface area contributed by atoms with Crippen LogP contribution in [0.5, 0.6) is 0 Å². The van der Waals surface area contributed by atoms with E-state index in [0.717, 1.165) is 8.20 Å². The molecule has 0 fully saturated rings. The summed E-state index contributed by atoms with van der Waals surface area (Å²) in [4.78, 5) is 0. The van der Waals surface area contributed by atoms with Gasteiger partial charge in [-0.3, -0.25) is 0 Å². The summed E-state index contributed by atoms with van der Waals surface area (Å²) in [6, 6.07) is 0.189. The standard InChI is InChI=1S/C8H12NP/c1-6-3-4-7(10-2)5-8(6)9/h3-6,8H,2,9H2,1H3. The first-order valence-electron chi connectivity index (χ1n) is 3.36. The van der Waals surface area contributed by atoms with Crippen LogP contribution in [-0.2, 0) is 0 Å². The number of hydrogen-bond acceptors (Lipinski definition) is 1. The third kappa shape index (κ3) is 1.56. The Morgan fingerprint density at radius 3 is 2.90 bits per heavy atom. The Bertz CT molecular complexity index is 193. The van der Waals surface area contributed by atoms with Gasteiger partial charge in [0.2, 0.25) is 0 Å². The van der Waals surface area contributed by atoms with Crippen molar-refractivity contribution in [3.05, 3.63) is 23.5 Å². The van der Waals surface area contributed by atoms with Gasteiger partial charge in [0.05, 0.1) is 0 Å². The van der Waals surface area contributed by atoms with Gasteiger partial charge in [0.1, 0.15) is 0 Å². The van der Waals surface area contributed by atoms with Gasteiger partial charge in [-0.05, 0) is 11.2 Å². The highest BCUT2D eigenvalue weighted by Crippen LogP contribution is 2.21. The summed E-state index contributed by atoms with van der Waals surface area (Å²) in [6.45, 7) is 2.12. The van der Waals surface area contributed by atoms with Gasteiger partial charge in [0, 0.05) is 6.04 Å². The minimum atomic E-state index is 0.189. The smallest absolute Gasteiger partial charge is 0.0297 e. The van der Waals surface area contributed by atoms with E-state index in [4.69, 9.17) is 5.73 Å². The molecule has 0 spiro atoms. The molecule has 1 aliphatic carbocycles. The van der Waals surface area contributed by atoms with Gasteiger partial charge in [0.15, 0.2) is 0 Å². The zero-order valence-corrected chi connectivity index (χ0v) is 7.01. The van der Waals surface area contributed by atoms with Crippen molar-refractivity contribution >= 4 is 14.5 Å². The zero-order valence-electron chi connectivity index (χ0n) is 6.12. The Morgan fingerprint density at radius 2 is 2.40 bits per heavy atom. The van der Waals surface area contributed by atoms with Gasteiger partial charge >= 0.3 is 0 Å². The summed E-state index contributed by atoms with van der Waals surface area (Å²) in [5, 5.41) is 1.23. The highest BCUT2D eigenvalue weighted by molar-refractivity contribution is 7.41. The summed E-state index contributed by atoms with van der Waals surface area (Å²) in [6.07, 6.45) is 10.1. The van der Waals surface area contributed by atoms with Gasteiger partial charge in [-0.15, -0.1) is 0 Å². The Kier molecular flexibility index (Phi) is 2.42. The lowest BCUT2D eigenvalue weighted by Gasteiger charge is -2.16. The lowest BCUT2D eigenvalue weighted by atomic mass is 9.98. The molecule has 10 heavy (non-hydrogen) atoms. The molecule has 0 aromatic rings. The quantitative estimate of drug-likeness (QED) is 0.571. The van der Waals surface area contributed by atoms with E-state index in [1.807, 2.05) is 0 Å². The molecule has 0 radical (unpaired) electrons. The SMILES string of the molecule is C=PC1=CC(N)C(C)C=C1. The van der Waals surface area contributed by atoms with E-state index in [9.17, 15) is 0 Å². The average molecular weight is 153 g/mol. The first kappa shape index (κ1) is 7.71. The summed E-state index contributed by atoms with van der Waals surface area (Å²) < 4.78 is 0. The van der Waals surface area contributed by atoms with E-state index < -0.39 is 0 Å². The normalized spacial score (nSPS) is 32.4. The van der Waals surface area contributed by atoms with E-state index in [1.54, 1.807) is 0 Å². The van der Waals surface area contributed by atoms with Crippen LogP contribution in [0.25, 0.3) is 0 Å². The topological polar surface area (TPSA) is 26.0 Å². The second kappa shape index (κ2) is 3.14. The number of nitrogens with two attached hydrogens (primary N) is 1. The van der Waals surface area contributed by atoms with Gasteiger partial charge in [-0.2, -0.15) is 0 Å². The highest BCUT2D eigenvalue weighted by Gasteiger charge is 2.10. The second-order valence-electron chi connectivity index (χ2n) is 2.55. The molecule has 0 aromatic carbocycles. The molecule has 1 rings (SSSR count). The minimum absolute atomic E-state index is 0.189. The molecule has 2 heteroatoms. The average Bonchev–Trinajstić information content (AvgIpc) is 1.95. The number of allylic oxidation sites excluding steroid dienone is 2. The van der Waals surface area contributed by atoms with E-state index in [0.29, 0.717) is 5.92 Å². The van der Waals surface area contributed by atoms with Crippen LogP contribution in [0.2, 0.25) is 0 Å². The molecule has 0 saturated carbocycles. The fourth-order valence-electron chi connectivity index (χ4n) is 0.889. The maximum Gasteiger partial charge on any atom is 0.0297 e. The van der Waals surface area contributed by atoms with Crippen LogP contribution < -0.4 is 5.73 Å². The van der Waals surface area contributed by atoms with Gasteiger partial charge in [-0.1, -0.05) is 39.7 Å². The molecule has 2 N–H and O–H groups in total. The molecular formula is C8H12NP. The lowest BCUT2D eigenvalue weighted by Crippen LogP contribution is -2.26. The van der Waals surface area contributed by atoms with Crippen molar-refractivity contribution < 1.29 is 0 Å². The first-order chi connectivity index (χ1) is 4.74. The van der Waals surface area contributed by atoms with Crippen LogP contribution >= 0.6 is 8.20 Å². The Balaban J connectivity index is 2.75. The van der Waals surface area contributed by atoms with Crippen LogP contribution in [-0.4, -0.2) is 12.3 Å². The van der Waals surface area contributed by atoms with Crippen LogP contribution in [0.3, 0.4) is 0 Å². The molecule has 2 unspecified atom stereocenters. The molecule has 2 atom stereocenters. The second-order valence-corrected chi connectivity index (χ2v) is 3.38. The third-order valence-corrected chi connectivity index (χ3v) is 2.39. The summed E-state index contributed by atoms with van der Waals surface area (Å²) >= 11 is 0. The number of hydrogen-bond donors (Lipinski definition) is 1. The molecule has 0 saturated heterocycles. The van der Waals surface area contributed by atoms with Crippen LogP contribution in [0.4, 0.5) is 0 Å². The Labute approximate surface area is 63.4 Å². The maximum absolute atomic E-state index is 5.78. The monoisotopic (exact) mass is 153 g/mol. The van der Waals surface area contributed by atoms with Crippen LogP contribution in [0.1, 0.15) is 6.92 Å². The van der Waals surface area contributed by atoms with Crippen molar-refractivity contribution in [2.75, 3.05) is 0 Å². The Hall–Kier alpha value is -0.390. The molecule has 54 valence electrons. The van der Waals surface area contributed by atoms with Gasteiger partial charge < -0.3 is 5.73 Å². The predicted molar refractivity (Wildman–Crippen MR) is 48.4 cm³/mol. The summed E-state index contributed by atoms with van der Waals surface area (Å²) in [7, 11) is 1.06. The maximum atomic E-state index is 5.78. The fourth-order valence-corrected chi connectivity index (χ4v) is 1.36. The van der Waals surface area contributed by atoms with Crippen molar-refractivity contribution in [3.63, 3.8) is 0 Å². The van der Waals surface area contributed by atoms with Gasteiger partial charge in [-0.25, -0.2) is 0 Å². The predicted octanol–water partition coefficient (Wildman–Crippen LogP) is 1.78. The van der Waals surface area contributed by atoms with Gasteiger partial charge in [0.25, 0.3) is 0 Å².